The van der Waals surface area contributed by atoms with Crippen LogP contribution in [0, 0.1) is 17.8 Å². The summed E-state index contributed by atoms with van der Waals surface area (Å²) in [6.07, 6.45) is 4.73. The zero-order valence-electron chi connectivity index (χ0n) is 11.6. The number of benzene rings is 1. The molecule has 19 heavy (non-hydrogen) atoms. The van der Waals surface area contributed by atoms with Gasteiger partial charge in [0.2, 0.25) is 0 Å². The Hall–Kier alpha value is -1.22. The van der Waals surface area contributed by atoms with Crippen LogP contribution in [-0.4, -0.2) is 19.3 Å². The minimum Gasteiger partial charge on any atom is -0.497 e. The molecule has 0 heterocycles. The molecule has 0 spiro atoms. The highest BCUT2D eigenvalue weighted by molar-refractivity contribution is 5.39. The van der Waals surface area contributed by atoms with E-state index >= 15 is 0 Å². The first-order valence-corrected chi connectivity index (χ1v) is 7.12. The summed E-state index contributed by atoms with van der Waals surface area (Å²) in [6.45, 7) is 0. The van der Waals surface area contributed by atoms with Gasteiger partial charge in [-0.1, -0.05) is 6.42 Å². The molecule has 1 aromatic rings. The van der Waals surface area contributed by atoms with E-state index in [-0.39, 0.29) is 6.10 Å². The molecule has 0 aromatic heterocycles. The molecular formula is C16H22O3. The second-order valence-electron chi connectivity index (χ2n) is 5.93. The van der Waals surface area contributed by atoms with E-state index in [9.17, 15) is 5.11 Å². The number of aliphatic hydroxyl groups excluding tert-OH is 1. The summed E-state index contributed by atoms with van der Waals surface area (Å²) in [5.41, 5.74) is 0.925. The van der Waals surface area contributed by atoms with Crippen molar-refractivity contribution in [3.05, 3.63) is 23.8 Å². The van der Waals surface area contributed by atoms with Gasteiger partial charge in [0.1, 0.15) is 11.5 Å². The molecule has 0 amide bonds. The second kappa shape index (κ2) is 5.04. The zero-order valence-corrected chi connectivity index (χ0v) is 11.6. The highest BCUT2D eigenvalue weighted by Crippen LogP contribution is 2.52. The summed E-state index contributed by atoms with van der Waals surface area (Å²) in [6, 6.07) is 5.70. The second-order valence-corrected chi connectivity index (χ2v) is 5.93. The topological polar surface area (TPSA) is 38.7 Å². The van der Waals surface area contributed by atoms with Gasteiger partial charge in [-0.15, -0.1) is 0 Å². The number of hydrogen-bond donors (Lipinski definition) is 1. The molecule has 1 N–H and O–H groups in total. The first-order chi connectivity index (χ1) is 9.21. The first kappa shape index (κ1) is 12.8. The molecule has 0 radical (unpaired) electrons. The molecule has 0 saturated heterocycles. The molecule has 2 saturated carbocycles. The van der Waals surface area contributed by atoms with Gasteiger partial charge in [0, 0.05) is 6.07 Å². The van der Waals surface area contributed by atoms with Crippen molar-refractivity contribution in [3.63, 3.8) is 0 Å². The average molecular weight is 262 g/mol. The quantitative estimate of drug-likeness (QED) is 0.905. The number of methoxy groups -OCH3 is 2. The highest BCUT2D eigenvalue weighted by atomic mass is 16.5. The van der Waals surface area contributed by atoms with Crippen molar-refractivity contribution < 1.29 is 14.6 Å². The monoisotopic (exact) mass is 262 g/mol. The van der Waals surface area contributed by atoms with E-state index in [2.05, 4.69) is 0 Å². The fraction of sp³-hybridized carbons (Fsp3) is 0.625. The van der Waals surface area contributed by atoms with Gasteiger partial charge in [-0.2, -0.15) is 0 Å². The zero-order chi connectivity index (χ0) is 13.4. The van der Waals surface area contributed by atoms with E-state index in [1.54, 1.807) is 14.2 Å². The van der Waals surface area contributed by atoms with Crippen LogP contribution >= 0.6 is 0 Å². The fourth-order valence-electron chi connectivity index (χ4n) is 3.93. The van der Waals surface area contributed by atoms with Crippen molar-refractivity contribution in [1.29, 1.82) is 0 Å². The van der Waals surface area contributed by atoms with Crippen LogP contribution in [0.5, 0.6) is 11.5 Å². The van der Waals surface area contributed by atoms with Crippen LogP contribution < -0.4 is 9.47 Å². The van der Waals surface area contributed by atoms with Crippen LogP contribution in [0.2, 0.25) is 0 Å². The maximum atomic E-state index is 10.7. The number of fused-ring (bicyclic) bond motifs is 2. The molecule has 104 valence electrons. The van der Waals surface area contributed by atoms with Gasteiger partial charge in [0.05, 0.1) is 20.3 Å². The van der Waals surface area contributed by atoms with Crippen molar-refractivity contribution in [2.24, 2.45) is 17.8 Å². The molecule has 4 unspecified atom stereocenters. The molecule has 3 nitrogen and oxygen atoms in total. The minimum atomic E-state index is -0.390. The lowest BCUT2D eigenvalue weighted by Gasteiger charge is -2.27. The van der Waals surface area contributed by atoms with Crippen LogP contribution in [0.3, 0.4) is 0 Å². The Bertz CT molecular complexity index is 435. The van der Waals surface area contributed by atoms with Crippen molar-refractivity contribution in [2.45, 2.75) is 31.8 Å². The van der Waals surface area contributed by atoms with Crippen LogP contribution in [0.1, 0.15) is 37.4 Å². The predicted octanol–water partition coefficient (Wildman–Crippen LogP) is 3.17. The standard InChI is InChI=1S/C16H22O3/c1-18-13-7-12(8-14(9-13)19-2)16(17)15-6-10-3-4-11(15)5-10/h7-11,15-17H,3-6H2,1-2H3. The lowest BCUT2D eigenvalue weighted by Crippen LogP contribution is -2.19. The molecule has 2 aliphatic carbocycles. The molecule has 0 aliphatic heterocycles. The van der Waals surface area contributed by atoms with Crippen LogP contribution in [0.4, 0.5) is 0 Å². The van der Waals surface area contributed by atoms with Gasteiger partial charge in [0.15, 0.2) is 0 Å². The van der Waals surface area contributed by atoms with Gasteiger partial charge in [-0.3, -0.25) is 0 Å². The summed E-state index contributed by atoms with van der Waals surface area (Å²) >= 11 is 0. The SMILES string of the molecule is COc1cc(OC)cc(C(O)C2CC3CCC2C3)c1. The van der Waals surface area contributed by atoms with Gasteiger partial charge < -0.3 is 14.6 Å². The van der Waals surface area contributed by atoms with Gasteiger partial charge in [0.25, 0.3) is 0 Å². The molecule has 3 heteroatoms. The predicted molar refractivity (Wildman–Crippen MR) is 73.4 cm³/mol. The lowest BCUT2D eigenvalue weighted by molar-refractivity contribution is 0.0741. The molecule has 2 fully saturated rings. The third-order valence-electron chi connectivity index (χ3n) is 4.91. The average Bonchev–Trinajstić information content (AvgIpc) is 3.08. The third-order valence-corrected chi connectivity index (χ3v) is 4.91. The van der Waals surface area contributed by atoms with Crippen LogP contribution in [0.25, 0.3) is 0 Å². The Morgan fingerprint density at radius 2 is 1.74 bits per heavy atom. The van der Waals surface area contributed by atoms with Gasteiger partial charge in [-0.25, -0.2) is 0 Å². The first-order valence-electron chi connectivity index (χ1n) is 7.12. The minimum absolute atomic E-state index is 0.390. The van der Waals surface area contributed by atoms with E-state index in [0.29, 0.717) is 11.8 Å². The van der Waals surface area contributed by atoms with Crippen molar-refractivity contribution >= 4 is 0 Å². The molecule has 2 aliphatic rings. The van der Waals surface area contributed by atoms with E-state index in [1.807, 2.05) is 18.2 Å². The Balaban J connectivity index is 1.84. The summed E-state index contributed by atoms with van der Waals surface area (Å²) in [5.74, 6) is 3.46. The molecule has 2 bridgehead atoms. The molecule has 3 rings (SSSR count). The third kappa shape index (κ3) is 2.32. The van der Waals surface area contributed by atoms with E-state index in [1.165, 1.54) is 25.7 Å². The van der Waals surface area contributed by atoms with E-state index in [0.717, 1.165) is 23.0 Å². The number of aliphatic hydroxyl groups is 1. The van der Waals surface area contributed by atoms with Crippen molar-refractivity contribution in [3.8, 4) is 11.5 Å². The largest absolute Gasteiger partial charge is 0.497 e. The summed E-state index contributed by atoms with van der Waals surface area (Å²) in [5, 5.41) is 10.7. The summed E-state index contributed by atoms with van der Waals surface area (Å²) in [4.78, 5) is 0. The maximum absolute atomic E-state index is 10.7. The molecule has 1 aromatic carbocycles. The van der Waals surface area contributed by atoms with Gasteiger partial charge in [-0.05, 0) is 54.7 Å². The fourth-order valence-corrected chi connectivity index (χ4v) is 3.93. The number of hydrogen-bond acceptors (Lipinski definition) is 3. The Kier molecular flexibility index (Phi) is 3.40. The van der Waals surface area contributed by atoms with Crippen molar-refractivity contribution in [2.75, 3.05) is 14.2 Å². The summed E-state index contributed by atoms with van der Waals surface area (Å²) < 4.78 is 10.6. The Morgan fingerprint density at radius 3 is 2.21 bits per heavy atom. The van der Waals surface area contributed by atoms with E-state index in [4.69, 9.17) is 9.47 Å². The van der Waals surface area contributed by atoms with Gasteiger partial charge >= 0.3 is 0 Å². The van der Waals surface area contributed by atoms with E-state index < -0.39 is 0 Å². The van der Waals surface area contributed by atoms with Crippen LogP contribution in [0.15, 0.2) is 18.2 Å². The number of rotatable bonds is 4. The number of ether oxygens (including phenoxy) is 2. The lowest BCUT2D eigenvalue weighted by atomic mass is 9.82. The molecule has 4 atom stereocenters. The Morgan fingerprint density at radius 1 is 1.05 bits per heavy atom. The Labute approximate surface area is 114 Å². The highest BCUT2D eigenvalue weighted by Gasteiger charge is 2.43. The normalized spacial score (nSPS) is 30.4. The van der Waals surface area contributed by atoms with Crippen molar-refractivity contribution in [1.82, 2.24) is 0 Å². The van der Waals surface area contributed by atoms with Crippen LogP contribution in [-0.2, 0) is 0 Å². The maximum Gasteiger partial charge on any atom is 0.122 e. The smallest absolute Gasteiger partial charge is 0.122 e. The molecular weight excluding hydrogens is 240 g/mol. The summed E-state index contributed by atoms with van der Waals surface area (Å²) in [7, 11) is 3.28.